The average molecular weight is 616 g/mol. The molecule has 1 aliphatic rings. The van der Waals surface area contributed by atoms with Gasteiger partial charge in [0, 0.05) is 17.9 Å². The van der Waals surface area contributed by atoms with Gasteiger partial charge in [0.1, 0.15) is 11.4 Å². The monoisotopic (exact) mass is 614 g/mol. The van der Waals surface area contributed by atoms with E-state index in [1.54, 1.807) is 21.6 Å². The van der Waals surface area contributed by atoms with Crippen LogP contribution in [-0.4, -0.2) is 42.1 Å². The van der Waals surface area contributed by atoms with E-state index in [0.29, 0.717) is 13.0 Å². The van der Waals surface area contributed by atoms with E-state index in [0.717, 1.165) is 69.3 Å². The molecular formula is C19H33Cl2N2O2PS6. The molecule has 0 spiro atoms. The molecule has 0 aromatic carbocycles. The second-order valence-corrected chi connectivity index (χ2v) is 26.0. The molecule has 3 atom stereocenters. The molecule has 1 fully saturated rings. The Morgan fingerprint density at radius 1 is 1.12 bits per heavy atom. The number of nitriles is 1. The molecule has 1 rings (SSSR count). The summed E-state index contributed by atoms with van der Waals surface area (Å²) >= 11 is 18.0. The second kappa shape index (κ2) is 17.4. The SMILES string of the molecule is CCCCSSP(=S)(SSCCCC)C1(Cl)C(Cl)C(=O)N(CCCCCCCC#N)[S+]1[O-]. The summed E-state index contributed by atoms with van der Waals surface area (Å²) in [6.45, 7) is 4.65. The Morgan fingerprint density at radius 2 is 1.66 bits per heavy atom. The van der Waals surface area contributed by atoms with E-state index in [-0.39, 0.29) is 5.91 Å². The maximum Gasteiger partial charge on any atom is 0.292 e. The largest absolute Gasteiger partial charge is 0.591 e. The van der Waals surface area contributed by atoms with Gasteiger partial charge in [-0.2, -0.15) is 9.57 Å². The number of carbonyl (C=O) groups excluding carboxylic acids is 1. The summed E-state index contributed by atoms with van der Waals surface area (Å²) in [5, 5.41) is 7.53. The molecule has 1 saturated heterocycles. The molecule has 13 heteroatoms. The van der Waals surface area contributed by atoms with Crippen LogP contribution in [0.5, 0.6) is 0 Å². The molecular weight excluding hydrogens is 583 g/mol. The number of hydrogen-bond acceptors (Lipinski definition) is 8. The third-order valence-electron chi connectivity index (χ3n) is 4.71. The smallest absolute Gasteiger partial charge is 0.292 e. The van der Waals surface area contributed by atoms with E-state index in [1.165, 1.54) is 25.1 Å². The summed E-state index contributed by atoms with van der Waals surface area (Å²) in [5.41, 5.74) is 0. The molecule has 4 nitrogen and oxygen atoms in total. The van der Waals surface area contributed by atoms with Crippen LogP contribution < -0.4 is 0 Å². The lowest BCUT2D eigenvalue weighted by molar-refractivity contribution is -0.124. The number of halogens is 2. The minimum atomic E-state index is -2.57. The fourth-order valence-corrected chi connectivity index (χ4v) is 30.3. The van der Waals surface area contributed by atoms with Crippen molar-refractivity contribution < 1.29 is 9.35 Å². The summed E-state index contributed by atoms with van der Waals surface area (Å²) in [4.78, 5) is 13.0. The van der Waals surface area contributed by atoms with Crippen molar-refractivity contribution in [1.82, 2.24) is 4.31 Å². The van der Waals surface area contributed by atoms with Crippen LogP contribution in [0.2, 0.25) is 0 Å². The minimum absolute atomic E-state index is 0.364. The third kappa shape index (κ3) is 9.09. The Bertz CT molecular complexity index is 644. The highest BCUT2D eigenvalue weighted by atomic mass is 35.5. The maximum absolute atomic E-state index is 13.6. The zero-order chi connectivity index (χ0) is 24.0. The highest BCUT2D eigenvalue weighted by Gasteiger charge is 2.71. The second-order valence-electron chi connectivity index (χ2n) is 7.33. The normalized spacial score (nSPS) is 23.6. The van der Waals surface area contributed by atoms with Crippen molar-refractivity contribution in [3.05, 3.63) is 0 Å². The molecule has 0 bridgehead atoms. The molecule has 1 heterocycles. The highest BCUT2D eigenvalue weighted by Crippen LogP contribution is 2.87. The molecule has 32 heavy (non-hydrogen) atoms. The van der Waals surface area contributed by atoms with Crippen molar-refractivity contribution in [3.63, 3.8) is 0 Å². The average Bonchev–Trinajstić information content (AvgIpc) is 2.95. The molecule has 0 N–H and O–H groups in total. The van der Waals surface area contributed by atoms with Crippen molar-refractivity contribution in [3.8, 4) is 6.07 Å². The Labute approximate surface area is 227 Å². The van der Waals surface area contributed by atoms with Gasteiger partial charge in [-0.1, -0.05) is 79.3 Å². The van der Waals surface area contributed by atoms with E-state index in [1.807, 2.05) is 0 Å². The number of carbonyl (C=O) groups is 1. The van der Waals surface area contributed by atoms with Crippen LogP contribution in [0.1, 0.15) is 78.1 Å². The lowest BCUT2D eigenvalue weighted by atomic mass is 10.1. The van der Waals surface area contributed by atoms with Gasteiger partial charge in [-0.3, -0.25) is 4.79 Å². The predicted molar refractivity (Wildman–Crippen MR) is 156 cm³/mol. The van der Waals surface area contributed by atoms with Crippen molar-refractivity contribution in [2.24, 2.45) is 0 Å². The van der Waals surface area contributed by atoms with E-state index < -0.39 is 25.1 Å². The van der Waals surface area contributed by atoms with Crippen LogP contribution in [0.3, 0.4) is 0 Å². The Balaban J connectivity index is 2.85. The summed E-state index contributed by atoms with van der Waals surface area (Å²) in [6.07, 6.45) is 9.41. The van der Waals surface area contributed by atoms with Crippen LogP contribution in [0.25, 0.3) is 0 Å². The number of unbranched alkanes of at least 4 members (excludes halogenated alkanes) is 7. The summed E-state index contributed by atoms with van der Waals surface area (Å²) < 4.78 is 10.9. The standard InChI is InChI=1S/C19H33Cl2N2O2PS6/c1-3-5-15-28-30-26(27,31-29-16-6-4-2)19(21)17(20)18(24)23(32(19)25)14-12-10-8-7-9-11-13-22/h17H,3-12,14-16H2,1-2H3. The van der Waals surface area contributed by atoms with Gasteiger partial charge in [-0.05, 0) is 58.1 Å². The first-order valence-electron chi connectivity index (χ1n) is 11.0. The van der Waals surface area contributed by atoms with Gasteiger partial charge >= 0.3 is 0 Å². The molecule has 1 amide bonds. The van der Waals surface area contributed by atoms with E-state index in [4.69, 9.17) is 40.3 Å². The van der Waals surface area contributed by atoms with E-state index in [2.05, 4.69) is 19.9 Å². The number of alkyl halides is 2. The number of hydrogen-bond donors (Lipinski definition) is 0. The lowest BCUT2D eigenvalue weighted by Gasteiger charge is -2.34. The van der Waals surface area contributed by atoms with Crippen LogP contribution in [-0.2, 0) is 28.0 Å². The molecule has 0 aliphatic carbocycles. The maximum atomic E-state index is 13.6. The molecule has 0 saturated carbocycles. The molecule has 1 aliphatic heterocycles. The zero-order valence-electron chi connectivity index (χ0n) is 18.6. The van der Waals surface area contributed by atoms with E-state index >= 15 is 0 Å². The number of rotatable bonds is 18. The van der Waals surface area contributed by atoms with Gasteiger partial charge < -0.3 is 4.55 Å². The van der Waals surface area contributed by atoms with Crippen molar-refractivity contribution in [1.29, 1.82) is 5.26 Å². The van der Waals surface area contributed by atoms with Gasteiger partial charge in [-0.25, -0.2) is 0 Å². The lowest BCUT2D eigenvalue weighted by Crippen LogP contribution is -2.37. The summed E-state index contributed by atoms with van der Waals surface area (Å²) in [7, 11) is 6.42. The third-order valence-corrected chi connectivity index (χ3v) is 31.6. The number of nitrogens with zero attached hydrogens (tertiary/aromatic N) is 2. The first kappa shape index (κ1) is 31.9. The number of amides is 1. The molecule has 0 aromatic rings. The first-order valence-corrected chi connectivity index (χ1v) is 21.5. The Hall–Kier alpha value is 1.90. The van der Waals surface area contributed by atoms with Gasteiger partial charge in [0.2, 0.25) is 0 Å². The summed E-state index contributed by atoms with van der Waals surface area (Å²) in [6, 6.07) is 2.15. The molecule has 186 valence electrons. The van der Waals surface area contributed by atoms with Gasteiger partial charge in [-0.15, -0.1) is 11.6 Å². The Morgan fingerprint density at radius 3 is 2.19 bits per heavy atom. The van der Waals surface area contributed by atoms with Crippen LogP contribution >= 0.6 is 70.1 Å². The fraction of sp³-hybridized carbons (Fsp3) is 0.895. The van der Waals surface area contributed by atoms with Gasteiger partial charge in [0.15, 0.2) is 9.82 Å². The topological polar surface area (TPSA) is 67.2 Å². The van der Waals surface area contributed by atoms with Crippen molar-refractivity contribution >= 4 is 99.1 Å². The Kier molecular flexibility index (Phi) is 17.3. The fourth-order valence-electron chi connectivity index (χ4n) is 2.75. The van der Waals surface area contributed by atoms with Crippen LogP contribution in [0.15, 0.2) is 0 Å². The zero-order valence-corrected chi connectivity index (χ0v) is 25.9. The van der Waals surface area contributed by atoms with Crippen molar-refractivity contribution in [2.45, 2.75) is 87.4 Å². The predicted octanol–water partition coefficient (Wildman–Crippen LogP) is 8.53. The minimum Gasteiger partial charge on any atom is -0.591 e. The molecule has 0 aromatic heterocycles. The summed E-state index contributed by atoms with van der Waals surface area (Å²) in [5.74, 6) is 1.52. The highest BCUT2D eigenvalue weighted by molar-refractivity contribution is 9.29. The van der Waals surface area contributed by atoms with E-state index in [9.17, 15) is 9.35 Å². The first-order chi connectivity index (χ1) is 15.3. The van der Waals surface area contributed by atoms with Gasteiger partial charge in [0.25, 0.3) is 9.85 Å². The molecule has 3 unspecified atom stereocenters. The van der Waals surface area contributed by atoms with Gasteiger partial charge in [0.05, 0.1) is 12.6 Å². The van der Waals surface area contributed by atoms with Crippen LogP contribution in [0, 0.1) is 11.3 Å². The van der Waals surface area contributed by atoms with Crippen LogP contribution in [0.4, 0.5) is 0 Å². The quantitative estimate of drug-likeness (QED) is 0.0500. The molecule has 0 radical (unpaired) electrons. The van der Waals surface area contributed by atoms with Crippen molar-refractivity contribution in [2.75, 3.05) is 18.1 Å².